The van der Waals surface area contributed by atoms with Crippen LogP contribution in [0.25, 0.3) is 10.9 Å². The topological polar surface area (TPSA) is 53.4 Å². The SMILES string of the molecule is Cl.O=C(O)C1CCCN(Cc2cc(F)cc3cccnc23)C1. The van der Waals surface area contributed by atoms with Crippen LogP contribution in [0.1, 0.15) is 18.4 Å². The number of pyridine rings is 1. The summed E-state index contributed by atoms with van der Waals surface area (Å²) in [6.45, 7) is 1.89. The van der Waals surface area contributed by atoms with Crippen LogP contribution in [0, 0.1) is 11.7 Å². The zero-order valence-electron chi connectivity index (χ0n) is 12.0. The number of carboxylic acid groups (broad SMARTS) is 1. The highest BCUT2D eigenvalue weighted by Gasteiger charge is 2.25. The Bertz CT molecular complexity index is 680. The Morgan fingerprint density at radius 2 is 2.27 bits per heavy atom. The molecule has 1 unspecified atom stereocenters. The Labute approximate surface area is 134 Å². The maximum Gasteiger partial charge on any atom is 0.307 e. The van der Waals surface area contributed by atoms with Crippen LogP contribution in [0.15, 0.2) is 30.5 Å². The quantitative estimate of drug-likeness (QED) is 0.942. The third-order valence-corrected chi connectivity index (χ3v) is 4.00. The second-order valence-electron chi connectivity index (χ2n) is 5.55. The van der Waals surface area contributed by atoms with Crippen molar-refractivity contribution in [3.8, 4) is 0 Å². The summed E-state index contributed by atoms with van der Waals surface area (Å²) < 4.78 is 13.7. The molecule has 2 heterocycles. The Balaban J connectivity index is 0.00000176. The van der Waals surface area contributed by atoms with E-state index in [0.717, 1.165) is 29.4 Å². The van der Waals surface area contributed by atoms with Crippen molar-refractivity contribution in [2.75, 3.05) is 13.1 Å². The maximum absolute atomic E-state index is 13.7. The van der Waals surface area contributed by atoms with Gasteiger partial charge in [-0.05, 0) is 43.1 Å². The van der Waals surface area contributed by atoms with Gasteiger partial charge in [-0.15, -0.1) is 12.4 Å². The number of fused-ring (bicyclic) bond motifs is 1. The van der Waals surface area contributed by atoms with E-state index in [9.17, 15) is 9.18 Å². The highest BCUT2D eigenvalue weighted by atomic mass is 35.5. The smallest absolute Gasteiger partial charge is 0.307 e. The van der Waals surface area contributed by atoms with Crippen molar-refractivity contribution in [1.82, 2.24) is 9.88 Å². The number of halogens is 2. The Morgan fingerprint density at radius 3 is 3.05 bits per heavy atom. The van der Waals surface area contributed by atoms with E-state index in [0.29, 0.717) is 19.5 Å². The molecule has 118 valence electrons. The Morgan fingerprint density at radius 1 is 1.45 bits per heavy atom. The number of carbonyl (C=O) groups is 1. The van der Waals surface area contributed by atoms with Crippen molar-refractivity contribution in [3.05, 3.63) is 41.8 Å². The average Bonchev–Trinajstić information content (AvgIpc) is 2.47. The summed E-state index contributed by atoms with van der Waals surface area (Å²) in [5, 5.41) is 9.92. The van der Waals surface area contributed by atoms with Crippen LogP contribution in [0.5, 0.6) is 0 Å². The molecule has 3 rings (SSSR count). The molecule has 0 radical (unpaired) electrons. The van der Waals surface area contributed by atoms with Crippen molar-refractivity contribution in [2.24, 2.45) is 5.92 Å². The zero-order chi connectivity index (χ0) is 14.8. The van der Waals surface area contributed by atoms with Crippen LogP contribution in [0.3, 0.4) is 0 Å². The molecule has 2 aromatic rings. The number of rotatable bonds is 3. The van der Waals surface area contributed by atoms with Crippen LogP contribution >= 0.6 is 12.4 Å². The summed E-state index contributed by atoms with van der Waals surface area (Å²) in [7, 11) is 0. The first kappa shape index (κ1) is 16.6. The summed E-state index contributed by atoms with van der Waals surface area (Å²) in [5.41, 5.74) is 1.60. The molecule has 6 heteroatoms. The van der Waals surface area contributed by atoms with Crippen molar-refractivity contribution in [1.29, 1.82) is 0 Å². The third-order valence-electron chi connectivity index (χ3n) is 4.00. The largest absolute Gasteiger partial charge is 0.481 e. The van der Waals surface area contributed by atoms with Crippen LogP contribution in [0.2, 0.25) is 0 Å². The summed E-state index contributed by atoms with van der Waals surface area (Å²) in [6, 6.07) is 6.60. The lowest BCUT2D eigenvalue weighted by molar-refractivity contribution is -0.143. The number of hydrogen-bond donors (Lipinski definition) is 1. The summed E-state index contributed by atoms with van der Waals surface area (Å²) >= 11 is 0. The van der Waals surface area contributed by atoms with Gasteiger partial charge in [0.2, 0.25) is 0 Å². The van der Waals surface area contributed by atoms with Gasteiger partial charge in [-0.3, -0.25) is 14.7 Å². The number of nitrogens with zero attached hydrogens (tertiary/aromatic N) is 2. The van der Waals surface area contributed by atoms with E-state index >= 15 is 0 Å². The summed E-state index contributed by atoms with van der Waals surface area (Å²) in [4.78, 5) is 17.5. The van der Waals surface area contributed by atoms with Gasteiger partial charge >= 0.3 is 5.97 Å². The van der Waals surface area contributed by atoms with Gasteiger partial charge in [0.25, 0.3) is 0 Å². The van der Waals surface area contributed by atoms with Crippen molar-refractivity contribution in [3.63, 3.8) is 0 Å². The van der Waals surface area contributed by atoms with Crippen molar-refractivity contribution < 1.29 is 14.3 Å². The number of aliphatic carboxylic acids is 1. The van der Waals surface area contributed by atoms with Gasteiger partial charge in [0.1, 0.15) is 5.82 Å². The number of benzene rings is 1. The van der Waals surface area contributed by atoms with Crippen LogP contribution in [-0.2, 0) is 11.3 Å². The molecule has 0 amide bonds. The van der Waals surface area contributed by atoms with E-state index in [-0.39, 0.29) is 24.1 Å². The number of likely N-dealkylation sites (tertiary alicyclic amines) is 1. The van der Waals surface area contributed by atoms with E-state index in [4.69, 9.17) is 5.11 Å². The van der Waals surface area contributed by atoms with Gasteiger partial charge in [0.15, 0.2) is 0 Å². The molecular weight excluding hydrogens is 307 g/mol. The van der Waals surface area contributed by atoms with Gasteiger partial charge in [0.05, 0.1) is 11.4 Å². The van der Waals surface area contributed by atoms with Crippen LogP contribution in [-0.4, -0.2) is 34.0 Å². The molecule has 0 bridgehead atoms. The van der Waals surface area contributed by atoms with Gasteiger partial charge < -0.3 is 5.11 Å². The molecule has 1 fully saturated rings. The zero-order valence-corrected chi connectivity index (χ0v) is 12.9. The molecule has 0 spiro atoms. The van der Waals surface area contributed by atoms with E-state index in [2.05, 4.69) is 9.88 Å². The minimum Gasteiger partial charge on any atom is -0.481 e. The lowest BCUT2D eigenvalue weighted by Gasteiger charge is -2.30. The first-order chi connectivity index (χ1) is 10.1. The fourth-order valence-corrected chi connectivity index (χ4v) is 2.99. The molecule has 1 aliphatic heterocycles. The molecule has 1 N–H and O–H groups in total. The fraction of sp³-hybridized carbons (Fsp3) is 0.375. The highest BCUT2D eigenvalue weighted by molar-refractivity contribution is 5.85. The lowest BCUT2D eigenvalue weighted by atomic mass is 9.97. The number of carboxylic acids is 1. The van der Waals surface area contributed by atoms with Gasteiger partial charge in [-0.25, -0.2) is 4.39 Å². The molecule has 1 atom stereocenters. The molecule has 1 aromatic carbocycles. The van der Waals surface area contributed by atoms with E-state index in [1.54, 1.807) is 12.3 Å². The predicted octanol–water partition coefficient (Wildman–Crippen LogP) is 3.09. The van der Waals surface area contributed by atoms with E-state index < -0.39 is 5.97 Å². The maximum atomic E-state index is 13.7. The Kier molecular flexibility index (Phi) is 5.32. The molecule has 4 nitrogen and oxygen atoms in total. The molecule has 0 saturated carbocycles. The van der Waals surface area contributed by atoms with Crippen molar-refractivity contribution in [2.45, 2.75) is 19.4 Å². The fourth-order valence-electron chi connectivity index (χ4n) is 2.99. The lowest BCUT2D eigenvalue weighted by Crippen LogP contribution is -2.38. The van der Waals surface area contributed by atoms with E-state index in [1.165, 1.54) is 12.1 Å². The summed E-state index contributed by atoms with van der Waals surface area (Å²) in [6.07, 6.45) is 3.27. The second kappa shape index (κ2) is 7.03. The number of hydrogen-bond acceptors (Lipinski definition) is 3. The standard InChI is InChI=1S/C16H17FN2O2.ClH/c17-14-7-11-3-1-5-18-15(11)13(8-14)10-19-6-2-4-12(9-19)16(20)21;/h1,3,5,7-8,12H,2,4,6,9-10H2,(H,20,21);1H. The predicted molar refractivity (Wildman–Crippen MR) is 84.6 cm³/mol. The third kappa shape index (κ3) is 3.54. The number of piperidine rings is 1. The van der Waals surface area contributed by atoms with Gasteiger partial charge in [0, 0.05) is 24.7 Å². The number of aromatic nitrogens is 1. The minimum atomic E-state index is -0.748. The molecule has 1 aliphatic rings. The average molecular weight is 325 g/mol. The van der Waals surface area contributed by atoms with Crippen molar-refractivity contribution >= 4 is 29.3 Å². The molecule has 1 saturated heterocycles. The molecular formula is C16H18ClFN2O2. The van der Waals surface area contributed by atoms with Crippen LogP contribution in [0.4, 0.5) is 4.39 Å². The van der Waals surface area contributed by atoms with Gasteiger partial charge in [-0.2, -0.15) is 0 Å². The molecule has 1 aromatic heterocycles. The second-order valence-corrected chi connectivity index (χ2v) is 5.55. The normalized spacial score (nSPS) is 18.9. The minimum absolute atomic E-state index is 0. The first-order valence-corrected chi connectivity index (χ1v) is 7.12. The summed E-state index contributed by atoms with van der Waals surface area (Å²) in [5.74, 6) is -1.36. The van der Waals surface area contributed by atoms with Gasteiger partial charge in [-0.1, -0.05) is 6.07 Å². The first-order valence-electron chi connectivity index (χ1n) is 7.12. The Hall–Kier alpha value is -1.72. The monoisotopic (exact) mass is 324 g/mol. The van der Waals surface area contributed by atoms with Crippen LogP contribution < -0.4 is 0 Å². The van der Waals surface area contributed by atoms with E-state index in [1.807, 2.05) is 6.07 Å². The molecule has 22 heavy (non-hydrogen) atoms. The highest BCUT2D eigenvalue weighted by Crippen LogP contribution is 2.23. The molecule has 0 aliphatic carbocycles.